The first-order chi connectivity index (χ1) is 14.5. The molecule has 30 heavy (non-hydrogen) atoms. The van der Waals surface area contributed by atoms with Crippen LogP contribution in [0.15, 0.2) is 75.2 Å². The van der Waals surface area contributed by atoms with Crippen LogP contribution < -0.4 is 10.9 Å². The minimum absolute atomic E-state index is 0.102. The lowest BCUT2D eigenvalue weighted by Crippen LogP contribution is -2.26. The topological polar surface area (TPSA) is 77.1 Å². The number of nitrogens with one attached hydrogen (secondary N) is 1. The molecular formula is C22H18ClN3O3S. The standard InChI is InChI=1S/C22H18ClN3O3S/c1-14-4-7-16(8-5-14)26-21(28)18-9-6-15(23)11-19(18)25-22(26)30-13-20(27)24-12-17-3-2-10-29-17/h2-11H,12-13H2,1H3,(H,24,27). The maximum atomic E-state index is 13.2. The molecule has 0 spiro atoms. The number of carbonyl (C=O) groups is 1. The Kier molecular flexibility index (Phi) is 5.92. The normalized spacial score (nSPS) is 11.0. The number of aryl methyl sites for hydroxylation is 1. The van der Waals surface area contributed by atoms with Crippen LogP contribution in [0.4, 0.5) is 0 Å². The minimum atomic E-state index is -0.209. The van der Waals surface area contributed by atoms with Gasteiger partial charge in [0.15, 0.2) is 5.16 Å². The lowest BCUT2D eigenvalue weighted by atomic mass is 10.2. The van der Waals surface area contributed by atoms with Gasteiger partial charge in [-0.2, -0.15) is 0 Å². The van der Waals surface area contributed by atoms with Gasteiger partial charge in [-0.3, -0.25) is 14.2 Å². The number of fused-ring (bicyclic) bond motifs is 1. The van der Waals surface area contributed by atoms with E-state index < -0.39 is 0 Å². The molecule has 0 saturated heterocycles. The molecule has 0 radical (unpaired) electrons. The highest BCUT2D eigenvalue weighted by Crippen LogP contribution is 2.23. The second-order valence-electron chi connectivity index (χ2n) is 6.68. The van der Waals surface area contributed by atoms with Crippen molar-refractivity contribution in [3.05, 3.63) is 87.6 Å². The maximum Gasteiger partial charge on any atom is 0.266 e. The number of aromatic nitrogens is 2. The third-order valence-electron chi connectivity index (χ3n) is 4.47. The average molecular weight is 440 g/mol. The second-order valence-corrected chi connectivity index (χ2v) is 8.06. The highest BCUT2D eigenvalue weighted by atomic mass is 35.5. The van der Waals surface area contributed by atoms with Crippen molar-refractivity contribution in [1.82, 2.24) is 14.9 Å². The van der Waals surface area contributed by atoms with Gasteiger partial charge in [0.2, 0.25) is 5.91 Å². The molecule has 0 fully saturated rings. The van der Waals surface area contributed by atoms with Gasteiger partial charge in [0.1, 0.15) is 5.76 Å². The first-order valence-electron chi connectivity index (χ1n) is 9.22. The highest BCUT2D eigenvalue weighted by molar-refractivity contribution is 7.99. The molecule has 0 aliphatic heterocycles. The average Bonchev–Trinajstić information content (AvgIpc) is 3.25. The fraction of sp³-hybridized carbons (Fsp3) is 0.136. The molecule has 0 bridgehead atoms. The maximum absolute atomic E-state index is 13.2. The van der Waals surface area contributed by atoms with Gasteiger partial charge >= 0.3 is 0 Å². The Hall–Kier alpha value is -3.03. The number of furan rings is 1. The van der Waals surface area contributed by atoms with E-state index in [0.717, 1.165) is 5.56 Å². The van der Waals surface area contributed by atoms with Crippen molar-refractivity contribution in [3.63, 3.8) is 0 Å². The molecule has 1 amide bonds. The van der Waals surface area contributed by atoms with Gasteiger partial charge in [0.25, 0.3) is 5.56 Å². The second kappa shape index (κ2) is 8.77. The van der Waals surface area contributed by atoms with Gasteiger partial charge in [0.05, 0.1) is 35.2 Å². The Labute approximate surface area is 181 Å². The van der Waals surface area contributed by atoms with E-state index in [-0.39, 0.29) is 17.2 Å². The molecule has 0 atom stereocenters. The third kappa shape index (κ3) is 4.42. The summed E-state index contributed by atoms with van der Waals surface area (Å²) in [5, 5.41) is 4.18. The van der Waals surface area contributed by atoms with Crippen LogP contribution in [-0.2, 0) is 11.3 Å². The Balaban J connectivity index is 1.66. The van der Waals surface area contributed by atoms with E-state index >= 15 is 0 Å². The molecule has 8 heteroatoms. The lowest BCUT2D eigenvalue weighted by molar-refractivity contribution is -0.118. The van der Waals surface area contributed by atoms with Crippen molar-refractivity contribution in [2.45, 2.75) is 18.6 Å². The molecule has 1 N–H and O–H groups in total. The van der Waals surface area contributed by atoms with E-state index in [1.807, 2.05) is 31.2 Å². The fourth-order valence-corrected chi connectivity index (χ4v) is 3.95. The molecule has 0 aliphatic rings. The molecule has 152 valence electrons. The summed E-state index contributed by atoms with van der Waals surface area (Å²) in [5.41, 5.74) is 2.06. The zero-order chi connectivity index (χ0) is 21.1. The summed E-state index contributed by atoms with van der Waals surface area (Å²) in [6, 6.07) is 16.1. The van der Waals surface area contributed by atoms with Crippen LogP contribution in [-0.4, -0.2) is 21.2 Å². The van der Waals surface area contributed by atoms with Crippen LogP contribution >= 0.6 is 23.4 Å². The molecule has 4 rings (SSSR count). The number of thioether (sulfide) groups is 1. The number of benzene rings is 2. The molecule has 0 unspecified atom stereocenters. The van der Waals surface area contributed by atoms with E-state index in [4.69, 9.17) is 16.0 Å². The quantitative estimate of drug-likeness (QED) is 0.357. The van der Waals surface area contributed by atoms with Crippen LogP contribution in [0.5, 0.6) is 0 Å². The predicted molar refractivity (Wildman–Crippen MR) is 118 cm³/mol. The molecule has 4 aromatic rings. The molecule has 2 aromatic carbocycles. The molecule has 2 aromatic heterocycles. The largest absolute Gasteiger partial charge is 0.467 e. The molecule has 0 saturated carbocycles. The van der Waals surface area contributed by atoms with Crippen molar-refractivity contribution in [3.8, 4) is 5.69 Å². The van der Waals surface area contributed by atoms with Crippen molar-refractivity contribution < 1.29 is 9.21 Å². The molecule has 2 heterocycles. The number of carbonyl (C=O) groups excluding carboxylic acids is 1. The third-order valence-corrected chi connectivity index (χ3v) is 5.64. The Morgan fingerprint density at radius 2 is 2.00 bits per heavy atom. The SMILES string of the molecule is Cc1ccc(-n2c(SCC(=O)NCc3ccco3)nc3cc(Cl)ccc3c2=O)cc1. The zero-order valence-electron chi connectivity index (χ0n) is 16.1. The molecule has 6 nitrogen and oxygen atoms in total. The highest BCUT2D eigenvalue weighted by Gasteiger charge is 2.15. The fourth-order valence-electron chi connectivity index (χ4n) is 2.94. The minimum Gasteiger partial charge on any atom is -0.467 e. The van der Waals surface area contributed by atoms with E-state index in [1.165, 1.54) is 16.3 Å². The van der Waals surface area contributed by atoms with E-state index in [1.54, 1.807) is 36.6 Å². The van der Waals surface area contributed by atoms with Crippen LogP contribution in [0.1, 0.15) is 11.3 Å². The van der Waals surface area contributed by atoms with Crippen molar-refractivity contribution in [2.75, 3.05) is 5.75 Å². The summed E-state index contributed by atoms with van der Waals surface area (Å²) in [6.07, 6.45) is 1.56. The van der Waals surface area contributed by atoms with Crippen LogP contribution in [0, 0.1) is 6.92 Å². The summed E-state index contributed by atoms with van der Waals surface area (Å²) < 4.78 is 6.74. The summed E-state index contributed by atoms with van der Waals surface area (Å²) in [6.45, 7) is 2.28. The van der Waals surface area contributed by atoms with E-state index in [2.05, 4.69) is 10.3 Å². The smallest absolute Gasteiger partial charge is 0.266 e. The zero-order valence-corrected chi connectivity index (χ0v) is 17.7. The van der Waals surface area contributed by atoms with Crippen LogP contribution in [0.2, 0.25) is 5.02 Å². The Bertz CT molecular complexity index is 1250. The first-order valence-corrected chi connectivity index (χ1v) is 10.6. The van der Waals surface area contributed by atoms with Crippen LogP contribution in [0.25, 0.3) is 16.6 Å². The van der Waals surface area contributed by atoms with Gasteiger partial charge < -0.3 is 9.73 Å². The van der Waals surface area contributed by atoms with Crippen LogP contribution in [0.3, 0.4) is 0 Å². The van der Waals surface area contributed by atoms with E-state index in [0.29, 0.717) is 39.1 Å². The Morgan fingerprint density at radius 1 is 1.20 bits per heavy atom. The number of hydrogen-bond donors (Lipinski definition) is 1. The number of rotatable bonds is 6. The summed E-state index contributed by atoms with van der Waals surface area (Å²) in [5.74, 6) is 0.584. The van der Waals surface area contributed by atoms with Gasteiger partial charge in [-0.1, -0.05) is 41.1 Å². The monoisotopic (exact) mass is 439 g/mol. The van der Waals surface area contributed by atoms with E-state index in [9.17, 15) is 9.59 Å². The van der Waals surface area contributed by atoms with Crippen molar-refractivity contribution in [1.29, 1.82) is 0 Å². The van der Waals surface area contributed by atoms with Gasteiger partial charge in [0, 0.05) is 5.02 Å². The van der Waals surface area contributed by atoms with Gasteiger partial charge in [-0.05, 0) is 49.4 Å². The molecule has 0 aliphatic carbocycles. The number of amides is 1. The van der Waals surface area contributed by atoms with Gasteiger partial charge in [-0.25, -0.2) is 4.98 Å². The number of hydrogen-bond acceptors (Lipinski definition) is 5. The van der Waals surface area contributed by atoms with Gasteiger partial charge in [-0.15, -0.1) is 0 Å². The summed E-state index contributed by atoms with van der Waals surface area (Å²) in [4.78, 5) is 30.1. The summed E-state index contributed by atoms with van der Waals surface area (Å²) in [7, 11) is 0. The number of halogens is 1. The summed E-state index contributed by atoms with van der Waals surface area (Å²) >= 11 is 7.28. The van der Waals surface area contributed by atoms with Crippen molar-refractivity contribution in [2.24, 2.45) is 0 Å². The lowest BCUT2D eigenvalue weighted by Gasteiger charge is -2.13. The predicted octanol–water partition coefficient (Wildman–Crippen LogP) is 4.35. The Morgan fingerprint density at radius 3 is 2.73 bits per heavy atom. The van der Waals surface area contributed by atoms with Crippen molar-refractivity contribution >= 4 is 40.2 Å². The molecular weight excluding hydrogens is 422 g/mol. The number of nitrogens with zero attached hydrogens (tertiary/aromatic N) is 2. The first kappa shape index (κ1) is 20.3.